The van der Waals surface area contributed by atoms with Gasteiger partial charge < -0.3 is 9.47 Å². The first-order valence-electron chi connectivity index (χ1n) is 2.21. The number of methoxy groups -OCH3 is 1. The molecule has 0 N–H and O–H groups in total. The molecule has 0 aromatic heterocycles. The largest absolute Gasteiger partial charge is 0.359 e. The van der Waals surface area contributed by atoms with E-state index in [1.807, 2.05) is 6.92 Å². The summed E-state index contributed by atoms with van der Waals surface area (Å²) >= 11 is 0. The van der Waals surface area contributed by atoms with Crippen LogP contribution in [0, 0.1) is 6.92 Å². The summed E-state index contributed by atoms with van der Waals surface area (Å²) in [7, 11) is 1.59. The molecule has 0 aliphatic heterocycles. The SMILES string of the molecule is [CH2][C@@H](C)OCOC. The van der Waals surface area contributed by atoms with Gasteiger partial charge in [0.2, 0.25) is 0 Å². The minimum Gasteiger partial charge on any atom is -0.359 e. The van der Waals surface area contributed by atoms with Crippen molar-refractivity contribution in [3.05, 3.63) is 6.92 Å². The van der Waals surface area contributed by atoms with E-state index in [-0.39, 0.29) is 6.10 Å². The van der Waals surface area contributed by atoms with E-state index in [2.05, 4.69) is 11.7 Å². The fourth-order valence-corrected chi connectivity index (χ4v) is 0.184. The van der Waals surface area contributed by atoms with Gasteiger partial charge in [-0.2, -0.15) is 0 Å². The van der Waals surface area contributed by atoms with Crippen molar-refractivity contribution in [1.82, 2.24) is 0 Å². The molecule has 0 fully saturated rings. The lowest BCUT2D eigenvalue weighted by molar-refractivity contribution is -0.0504. The normalized spacial score (nSPS) is 10.3. The highest BCUT2D eigenvalue weighted by molar-refractivity contribution is 4.45. The second-order valence-corrected chi connectivity index (χ2v) is 1.38. The van der Waals surface area contributed by atoms with Crippen molar-refractivity contribution in [3.63, 3.8) is 0 Å². The summed E-state index contributed by atoms with van der Waals surface area (Å²) in [6, 6.07) is 0. The molecule has 0 bridgehead atoms. The lowest BCUT2D eigenvalue weighted by Crippen LogP contribution is -2.04. The van der Waals surface area contributed by atoms with Gasteiger partial charge in [0.25, 0.3) is 0 Å². The van der Waals surface area contributed by atoms with Crippen molar-refractivity contribution in [2.24, 2.45) is 0 Å². The van der Waals surface area contributed by atoms with E-state index in [0.717, 1.165) is 0 Å². The minimum absolute atomic E-state index is 0.0277. The molecule has 0 saturated heterocycles. The molecule has 0 amide bonds. The van der Waals surface area contributed by atoms with Gasteiger partial charge in [-0.1, -0.05) is 0 Å². The number of hydrogen-bond donors (Lipinski definition) is 0. The molecule has 0 aliphatic rings. The molecule has 0 rings (SSSR count). The van der Waals surface area contributed by atoms with Crippen LogP contribution in [-0.2, 0) is 9.47 Å². The summed E-state index contributed by atoms with van der Waals surface area (Å²) in [5, 5.41) is 0. The Hall–Kier alpha value is -0.0800. The topological polar surface area (TPSA) is 18.5 Å². The van der Waals surface area contributed by atoms with E-state index in [1.165, 1.54) is 0 Å². The monoisotopic (exact) mass is 103 g/mol. The van der Waals surface area contributed by atoms with Gasteiger partial charge in [0.1, 0.15) is 6.79 Å². The van der Waals surface area contributed by atoms with Gasteiger partial charge >= 0.3 is 0 Å². The number of hydrogen-bond acceptors (Lipinski definition) is 2. The Balaban J connectivity index is 2.68. The van der Waals surface area contributed by atoms with Crippen LogP contribution in [-0.4, -0.2) is 20.0 Å². The Kier molecular flexibility index (Phi) is 4.04. The predicted octanol–water partition coefficient (Wildman–Crippen LogP) is 0.829. The van der Waals surface area contributed by atoms with Crippen LogP contribution in [0.1, 0.15) is 6.92 Å². The summed E-state index contributed by atoms with van der Waals surface area (Å²) in [5.41, 5.74) is 0. The average molecular weight is 103 g/mol. The van der Waals surface area contributed by atoms with Gasteiger partial charge in [0.15, 0.2) is 0 Å². The maximum atomic E-state index is 4.86. The van der Waals surface area contributed by atoms with Gasteiger partial charge in [-0.05, 0) is 13.8 Å². The molecule has 2 heteroatoms. The first-order valence-corrected chi connectivity index (χ1v) is 2.21. The van der Waals surface area contributed by atoms with E-state index in [9.17, 15) is 0 Å². The third-order valence-corrected chi connectivity index (χ3v) is 0.470. The number of rotatable bonds is 3. The molecule has 0 saturated carbocycles. The highest BCUT2D eigenvalue weighted by Gasteiger charge is 1.87. The van der Waals surface area contributed by atoms with Crippen molar-refractivity contribution in [2.75, 3.05) is 13.9 Å². The molecule has 0 aliphatic carbocycles. The Labute approximate surface area is 44.4 Å². The van der Waals surface area contributed by atoms with Crippen molar-refractivity contribution in [2.45, 2.75) is 13.0 Å². The average Bonchev–Trinajstić information content (AvgIpc) is 1.61. The van der Waals surface area contributed by atoms with Gasteiger partial charge in [0.05, 0.1) is 6.10 Å². The number of ether oxygens (including phenoxy) is 2. The molecule has 0 heterocycles. The summed E-state index contributed by atoms with van der Waals surface area (Å²) < 4.78 is 9.45. The van der Waals surface area contributed by atoms with Crippen LogP contribution in [0.15, 0.2) is 0 Å². The van der Waals surface area contributed by atoms with Gasteiger partial charge in [0, 0.05) is 7.11 Å². The van der Waals surface area contributed by atoms with Crippen molar-refractivity contribution >= 4 is 0 Å². The van der Waals surface area contributed by atoms with E-state index in [1.54, 1.807) is 7.11 Å². The van der Waals surface area contributed by atoms with E-state index in [0.29, 0.717) is 6.79 Å². The zero-order valence-corrected chi connectivity index (χ0v) is 4.81. The first-order chi connectivity index (χ1) is 3.27. The molecule has 2 nitrogen and oxygen atoms in total. The zero-order chi connectivity index (χ0) is 5.70. The van der Waals surface area contributed by atoms with Crippen LogP contribution in [0.3, 0.4) is 0 Å². The van der Waals surface area contributed by atoms with E-state index >= 15 is 0 Å². The third kappa shape index (κ3) is 5.92. The first kappa shape index (κ1) is 6.92. The lowest BCUT2D eigenvalue weighted by Gasteiger charge is -2.03. The second-order valence-electron chi connectivity index (χ2n) is 1.38. The standard InChI is InChI=1S/C5H11O2/c1-5(2)7-4-6-3/h5H,1,4H2,2-3H3/t5-/m0/s1. The van der Waals surface area contributed by atoms with E-state index in [4.69, 9.17) is 4.74 Å². The summed E-state index contributed by atoms with van der Waals surface area (Å²) in [6.07, 6.45) is 0.0277. The molecular weight excluding hydrogens is 92.1 g/mol. The van der Waals surface area contributed by atoms with Crippen molar-refractivity contribution in [3.8, 4) is 0 Å². The minimum atomic E-state index is 0.0277. The maximum Gasteiger partial charge on any atom is 0.146 e. The quantitative estimate of drug-likeness (QED) is 0.492. The van der Waals surface area contributed by atoms with Gasteiger partial charge in [-0.15, -0.1) is 0 Å². The highest BCUT2D eigenvalue weighted by atomic mass is 16.7. The summed E-state index contributed by atoms with van der Waals surface area (Å²) in [4.78, 5) is 0. The zero-order valence-electron chi connectivity index (χ0n) is 4.81. The van der Waals surface area contributed by atoms with Crippen LogP contribution in [0.25, 0.3) is 0 Å². The summed E-state index contributed by atoms with van der Waals surface area (Å²) in [6.45, 7) is 5.77. The summed E-state index contributed by atoms with van der Waals surface area (Å²) in [5.74, 6) is 0. The van der Waals surface area contributed by atoms with Crippen LogP contribution >= 0.6 is 0 Å². The Morgan fingerprint density at radius 1 is 1.71 bits per heavy atom. The Bertz CT molecular complexity index is 35.1. The van der Waals surface area contributed by atoms with Crippen LogP contribution < -0.4 is 0 Å². The molecule has 7 heavy (non-hydrogen) atoms. The predicted molar refractivity (Wildman–Crippen MR) is 27.8 cm³/mol. The molecule has 1 radical (unpaired) electrons. The molecular formula is C5H11O2. The maximum absolute atomic E-state index is 4.86. The van der Waals surface area contributed by atoms with E-state index < -0.39 is 0 Å². The van der Waals surface area contributed by atoms with Gasteiger partial charge in [-0.25, -0.2) is 0 Å². The fraction of sp³-hybridized carbons (Fsp3) is 0.800. The molecule has 0 unspecified atom stereocenters. The molecule has 0 spiro atoms. The van der Waals surface area contributed by atoms with Gasteiger partial charge in [-0.3, -0.25) is 0 Å². The molecule has 0 aromatic carbocycles. The molecule has 0 aromatic rings. The second kappa shape index (κ2) is 4.09. The highest BCUT2D eigenvalue weighted by Crippen LogP contribution is 1.83. The van der Waals surface area contributed by atoms with Crippen LogP contribution in [0.5, 0.6) is 0 Å². The van der Waals surface area contributed by atoms with Crippen LogP contribution in [0.2, 0.25) is 0 Å². The van der Waals surface area contributed by atoms with Crippen LogP contribution in [0.4, 0.5) is 0 Å². The lowest BCUT2D eigenvalue weighted by atomic mass is 10.5. The fourth-order valence-electron chi connectivity index (χ4n) is 0.184. The Morgan fingerprint density at radius 3 is 2.43 bits per heavy atom. The molecule has 1 atom stereocenters. The molecule has 43 valence electrons. The van der Waals surface area contributed by atoms with Crippen molar-refractivity contribution in [1.29, 1.82) is 0 Å². The Morgan fingerprint density at radius 2 is 2.29 bits per heavy atom. The smallest absolute Gasteiger partial charge is 0.146 e. The van der Waals surface area contributed by atoms with Crippen molar-refractivity contribution < 1.29 is 9.47 Å². The third-order valence-electron chi connectivity index (χ3n) is 0.470.